The minimum atomic E-state index is -1.17. The average Bonchev–Trinajstić information content (AvgIpc) is 3.18. The molecule has 0 aliphatic carbocycles. The van der Waals surface area contributed by atoms with Gasteiger partial charge in [0, 0.05) is 17.1 Å². The van der Waals surface area contributed by atoms with Crippen molar-refractivity contribution in [2.24, 2.45) is 0 Å². The van der Waals surface area contributed by atoms with E-state index in [4.69, 9.17) is 26.9 Å². The molecule has 2 aliphatic rings. The molecule has 9 heteroatoms. The van der Waals surface area contributed by atoms with E-state index < -0.39 is 11.6 Å². The number of rotatable bonds is 6. The van der Waals surface area contributed by atoms with Crippen LogP contribution in [0.5, 0.6) is 0 Å². The molecule has 0 radical (unpaired) electrons. The number of amides is 1. The molecule has 1 amide bonds. The van der Waals surface area contributed by atoms with Crippen LogP contribution in [0.2, 0.25) is 5.02 Å². The molecule has 3 aromatic carbocycles. The predicted molar refractivity (Wildman–Crippen MR) is 154 cm³/mol. The number of aliphatic hydroxyl groups excluding tert-OH is 1. The van der Waals surface area contributed by atoms with Crippen molar-refractivity contribution in [1.29, 1.82) is 0 Å². The average molecular weight is 565 g/mol. The summed E-state index contributed by atoms with van der Waals surface area (Å²) in [6, 6.07) is 23.0. The number of esters is 1. The zero-order valence-corrected chi connectivity index (χ0v) is 23.2. The first kappa shape index (κ1) is 29.3. The molecule has 4 N–H and O–H groups in total. The number of hydrogen-bond acceptors (Lipinski definition) is 7. The first-order valence-corrected chi connectivity index (χ1v) is 13.4. The Morgan fingerprint density at radius 3 is 2.52 bits per heavy atom. The van der Waals surface area contributed by atoms with Crippen molar-refractivity contribution < 1.29 is 29.9 Å². The van der Waals surface area contributed by atoms with Gasteiger partial charge < -0.3 is 15.2 Å². The number of hydrogen-bond donors (Lipinski definition) is 4. The quantitative estimate of drug-likeness (QED) is 0.168. The highest BCUT2D eigenvalue weighted by atomic mass is 35.5. The Bertz CT molecular complexity index is 1410. The van der Waals surface area contributed by atoms with Gasteiger partial charge in [-0.15, -0.1) is 0 Å². The molecular weight excluding hydrogens is 532 g/mol. The largest absolute Gasteiger partial charge is 0.507 e. The van der Waals surface area contributed by atoms with Gasteiger partial charge in [-0.3, -0.25) is 20.2 Å². The Morgan fingerprint density at radius 2 is 1.82 bits per heavy atom. The minimum Gasteiger partial charge on any atom is -0.507 e. The van der Waals surface area contributed by atoms with Crippen molar-refractivity contribution in [3.63, 3.8) is 0 Å². The van der Waals surface area contributed by atoms with E-state index in [-0.39, 0.29) is 36.4 Å². The fourth-order valence-electron chi connectivity index (χ4n) is 5.41. The van der Waals surface area contributed by atoms with Gasteiger partial charge in [-0.25, -0.2) is 4.79 Å². The summed E-state index contributed by atoms with van der Waals surface area (Å²) in [7, 11) is 0. The number of nitrogens with one attached hydrogen (secondary N) is 1. The van der Waals surface area contributed by atoms with Crippen LogP contribution in [0.3, 0.4) is 0 Å². The molecule has 3 aromatic rings. The van der Waals surface area contributed by atoms with E-state index in [1.165, 1.54) is 0 Å². The maximum absolute atomic E-state index is 13.0. The molecule has 210 valence electrons. The third-order valence-corrected chi connectivity index (χ3v) is 7.64. The Hall–Kier alpha value is -3.69. The van der Waals surface area contributed by atoms with E-state index in [9.17, 15) is 14.7 Å². The second-order valence-electron chi connectivity index (χ2n) is 10.2. The molecule has 2 aliphatic heterocycles. The summed E-state index contributed by atoms with van der Waals surface area (Å²) in [4.78, 5) is 27.7. The summed E-state index contributed by atoms with van der Waals surface area (Å²) in [6.45, 7) is 5.03. The second kappa shape index (κ2) is 12.7. The molecule has 40 heavy (non-hydrogen) atoms. The Kier molecular flexibility index (Phi) is 9.27. The normalized spacial score (nSPS) is 19.6. The van der Waals surface area contributed by atoms with E-state index >= 15 is 0 Å². The number of carbonyl (C=O) groups excluding carboxylic acids is 2. The van der Waals surface area contributed by atoms with Crippen LogP contribution in [0.1, 0.15) is 42.5 Å². The smallest absolute Gasteiger partial charge is 0.343 e. The number of benzene rings is 3. The summed E-state index contributed by atoms with van der Waals surface area (Å²) in [6.07, 6.45) is 1.17. The van der Waals surface area contributed by atoms with Gasteiger partial charge in [-0.05, 0) is 56.0 Å². The molecular formula is C31H33ClN2O6. The van der Waals surface area contributed by atoms with Gasteiger partial charge in [-0.2, -0.15) is 0 Å². The second-order valence-corrected chi connectivity index (χ2v) is 10.6. The van der Waals surface area contributed by atoms with Crippen LogP contribution in [-0.2, 0) is 14.3 Å². The third-order valence-electron chi connectivity index (χ3n) is 7.33. The van der Waals surface area contributed by atoms with E-state index in [1.54, 1.807) is 12.1 Å². The maximum Gasteiger partial charge on any atom is 0.343 e. The van der Waals surface area contributed by atoms with Gasteiger partial charge in [0.15, 0.2) is 11.4 Å². The number of likely N-dealkylation sites (tertiary alicyclic amines) is 1. The van der Waals surface area contributed by atoms with Crippen LogP contribution < -0.4 is 5.32 Å². The lowest BCUT2D eigenvalue weighted by Crippen LogP contribution is -2.52. The predicted octanol–water partition coefficient (Wildman–Crippen LogP) is 5.87. The topological polar surface area (TPSA) is 119 Å². The van der Waals surface area contributed by atoms with Crippen molar-refractivity contribution in [3.8, 4) is 11.1 Å². The van der Waals surface area contributed by atoms with Gasteiger partial charge in [0.1, 0.15) is 5.57 Å². The van der Waals surface area contributed by atoms with Crippen molar-refractivity contribution in [2.45, 2.75) is 38.3 Å². The lowest BCUT2D eigenvalue weighted by Gasteiger charge is -2.38. The number of aryl methyl sites for hydroxylation is 1. The van der Waals surface area contributed by atoms with E-state index in [2.05, 4.69) is 5.32 Å². The summed E-state index contributed by atoms with van der Waals surface area (Å²) in [5.74, 6) is -0.791. The molecule has 0 aromatic heterocycles. The number of piperidine rings is 1. The van der Waals surface area contributed by atoms with Gasteiger partial charge in [0.2, 0.25) is 5.91 Å². The number of ether oxygens (including phenoxy) is 1. The van der Waals surface area contributed by atoms with Crippen molar-refractivity contribution >= 4 is 29.1 Å². The molecule has 1 spiro atoms. The highest BCUT2D eigenvalue weighted by molar-refractivity contribution is 6.34. The summed E-state index contributed by atoms with van der Waals surface area (Å²) >= 11 is 6.62. The minimum absolute atomic E-state index is 0.0929. The first-order chi connectivity index (χ1) is 19.3. The Morgan fingerprint density at radius 1 is 1.07 bits per heavy atom. The fraction of sp³-hybridized carbons (Fsp3) is 0.290. The van der Waals surface area contributed by atoms with E-state index in [0.29, 0.717) is 30.0 Å². The van der Waals surface area contributed by atoms with Crippen LogP contribution in [0, 0.1) is 6.92 Å². The highest BCUT2D eigenvalue weighted by Crippen LogP contribution is 2.43. The first-order valence-electron chi connectivity index (χ1n) is 13.1. The molecule has 2 heterocycles. The Balaban J connectivity index is 0.00000181. The fourth-order valence-corrected chi connectivity index (χ4v) is 5.70. The molecule has 1 saturated heterocycles. The van der Waals surface area contributed by atoms with Gasteiger partial charge in [-0.1, -0.05) is 83.9 Å². The van der Waals surface area contributed by atoms with Crippen molar-refractivity contribution in [1.82, 2.24) is 10.2 Å². The number of carbonyl (C=O) groups is 2. The monoisotopic (exact) mass is 564 g/mol. The summed E-state index contributed by atoms with van der Waals surface area (Å²) in [5, 5.41) is 26.8. The SMILES string of the molecule is Cc1cccc(-c2ccc(C3=C(O)C4(CCCN(CC(=O)NC(C)c5ccccc5)C4)OC3=O)cc2Cl)c1.OO. The Labute approximate surface area is 238 Å². The standard InChI is InChI=1S/C31H31ClN2O4.H2O2/c1-20-8-6-11-23(16-20)25-13-12-24(17-26(25)32)28-29(36)31(38-30(28)37)14-7-15-34(19-31)18-27(35)33-21(2)22-9-4-3-5-10-22;1-2/h3-6,8-13,16-17,21,36H,7,14-15,18-19H2,1-2H3,(H,33,35);1-2H. The lowest BCUT2D eigenvalue weighted by molar-refractivity contribution is -0.176. The third kappa shape index (κ3) is 6.21. The van der Waals surface area contributed by atoms with Gasteiger partial charge in [0.05, 0.1) is 12.6 Å². The highest BCUT2D eigenvalue weighted by Gasteiger charge is 2.51. The van der Waals surface area contributed by atoms with Crippen LogP contribution in [0.15, 0.2) is 78.6 Å². The molecule has 2 unspecified atom stereocenters. The molecule has 8 nitrogen and oxygen atoms in total. The van der Waals surface area contributed by atoms with Crippen LogP contribution in [0.4, 0.5) is 0 Å². The van der Waals surface area contributed by atoms with Crippen LogP contribution >= 0.6 is 11.6 Å². The van der Waals surface area contributed by atoms with Crippen molar-refractivity contribution in [2.75, 3.05) is 19.6 Å². The molecule has 0 bridgehead atoms. The van der Waals surface area contributed by atoms with Gasteiger partial charge in [0.25, 0.3) is 0 Å². The maximum atomic E-state index is 13.0. The number of aliphatic hydroxyl groups is 1. The molecule has 5 rings (SSSR count). The summed E-state index contributed by atoms with van der Waals surface area (Å²) in [5.41, 5.74) is 3.45. The zero-order chi connectivity index (χ0) is 28.9. The zero-order valence-electron chi connectivity index (χ0n) is 22.4. The van der Waals surface area contributed by atoms with Crippen LogP contribution in [0.25, 0.3) is 16.7 Å². The van der Waals surface area contributed by atoms with E-state index in [0.717, 1.165) is 22.3 Å². The van der Waals surface area contributed by atoms with Crippen molar-refractivity contribution in [3.05, 3.63) is 100 Å². The molecule has 2 atom stereocenters. The number of halogens is 1. The molecule has 0 saturated carbocycles. The van der Waals surface area contributed by atoms with E-state index in [1.807, 2.05) is 79.4 Å². The van der Waals surface area contributed by atoms with Crippen LogP contribution in [-0.4, -0.2) is 57.6 Å². The summed E-state index contributed by atoms with van der Waals surface area (Å²) < 4.78 is 5.82. The van der Waals surface area contributed by atoms with Gasteiger partial charge >= 0.3 is 5.97 Å². The lowest BCUT2D eigenvalue weighted by atomic mass is 9.88. The number of nitrogens with zero attached hydrogens (tertiary/aromatic N) is 1. The molecule has 1 fully saturated rings.